The minimum Gasteiger partial charge on any atom is -0.477 e. The molecular formula is C51H84NO7+. The van der Waals surface area contributed by atoms with Gasteiger partial charge < -0.3 is 23.8 Å². The van der Waals surface area contributed by atoms with E-state index in [4.69, 9.17) is 14.2 Å². The second-order valence-electron chi connectivity index (χ2n) is 15.9. The van der Waals surface area contributed by atoms with Crippen molar-refractivity contribution in [2.75, 3.05) is 41.0 Å². The zero-order valence-corrected chi connectivity index (χ0v) is 37.9. The van der Waals surface area contributed by atoms with Crippen molar-refractivity contribution in [2.24, 2.45) is 0 Å². The van der Waals surface area contributed by atoms with Crippen molar-refractivity contribution in [2.45, 2.75) is 167 Å². The van der Waals surface area contributed by atoms with Crippen LogP contribution in [0.3, 0.4) is 0 Å². The molecule has 59 heavy (non-hydrogen) atoms. The van der Waals surface area contributed by atoms with Gasteiger partial charge in [-0.3, -0.25) is 9.59 Å². The van der Waals surface area contributed by atoms with Gasteiger partial charge in [0.2, 0.25) is 0 Å². The van der Waals surface area contributed by atoms with E-state index in [2.05, 4.69) is 111 Å². The number of allylic oxidation sites excluding steroid dienone is 16. The summed E-state index contributed by atoms with van der Waals surface area (Å²) in [4.78, 5) is 37.0. The van der Waals surface area contributed by atoms with E-state index in [1.54, 1.807) is 0 Å². The lowest BCUT2D eigenvalue weighted by molar-refractivity contribution is -0.887. The van der Waals surface area contributed by atoms with Crippen LogP contribution >= 0.6 is 0 Å². The van der Waals surface area contributed by atoms with Gasteiger partial charge >= 0.3 is 17.9 Å². The van der Waals surface area contributed by atoms with E-state index in [1.807, 2.05) is 21.1 Å². The summed E-state index contributed by atoms with van der Waals surface area (Å²) in [5.41, 5.74) is 0. The van der Waals surface area contributed by atoms with Gasteiger partial charge in [-0.25, -0.2) is 4.79 Å². The fraction of sp³-hybridized carbons (Fsp3) is 0.627. The van der Waals surface area contributed by atoms with Gasteiger partial charge in [-0.2, -0.15) is 0 Å². The van der Waals surface area contributed by atoms with Crippen LogP contribution in [0.5, 0.6) is 0 Å². The quantitative estimate of drug-likeness (QED) is 0.0217. The Morgan fingerprint density at radius 1 is 0.542 bits per heavy atom. The molecule has 2 unspecified atom stereocenters. The number of quaternary nitrogens is 1. The first-order chi connectivity index (χ1) is 28.6. The van der Waals surface area contributed by atoms with Gasteiger partial charge in [-0.1, -0.05) is 150 Å². The Kier molecular flexibility index (Phi) is 38.4. The molecule has 334 valence electrons. The van der Waals surface area contributed by atoms with Gasteiger partial charge in [-0.15, -0.1) is 0 Å². The van der Waals surface area contributed by atoms with Gasteiger partial charge in [0, 0.05) is 19.3 Å². The number of carboxylic acids is 1. The predicted molar refractivity (Wildman–Crippen MR) is 247 cm³/mol. The van der Waals surface area contributed by atoms with Crippen molar-refractivity contribution in [3.8, 4) is 0 Å². The highest BCUT2D eigenvalue weighted by atomic mass is 16.6. The molecule has 0 rings (SSSR count). The van der Waals surface area contributed by atoms with Crippen molar-refractivity contribution in [3.63, 3.8) is 0 Å². The highest BCUT2D eigenvalue weighted by molar-refractivity contribution is 5.72. The van der Waals surface area contributed by atoms with E-state index in [0.29, 0.717) is 19.3 Å². The third-order valence-corrected chi connectivity index (χ3v) is 9.50. The Labute approximate surface area is 360 Å². The van der Waals surface area contributed by atoms with Gasteiger partial charge in [0.15, 0.2) is 12.1 Å². The third-order valence-electron chi connectivity index (χ3n) is 9.50. The van der Waals surface area contributed by atoms with E-state index in [1.165, 1.54) is 32.1 Å². The van der Waals surface area contributed by atoms with E-state index < -0.39 is 18.1 Å². The number of carbonyl (C=O) groups is 3. The normalized spacial score (nSPS) is 13.8. The number of aliphatic carboxylic acids is 1. The highest BCUT2D eigenvalue weighted by Crippen LogP contribution is 2.12. The lowest BCUT2D eigenvalue weighted by Gasteiger charge is -2.31. The number of unbranched alkanes of at least 4 members (excludes halogenated alkanes) is 10. The number of hydrogen-bond donors (Lipinski definition) is 1. The van der Waals surface area contributed by atoms with Crippen molar-refractivity contribution < 1.29 is 38.2 Å². The first-order valence-corrected chi connectivity index (χ1v) is 22.8. The van der Waals surface area contributed by atoms with Crippen LogP contribution in [0, 0.1) is 0 Å². The molecular weight excluding hydrogens is 739 g/mol. The molecule has 2 atom stereocenters. The van der Waals surface area contributed by atoms with Crippen LogP contribution in [0.4, 0.5) is 0 Å². The molecule has 0 radical (unpaired) electrons. The molecule has 0 saturated heterocycles. The Morgan fingerprint density at radius 2 is 1.02 bits per heavy atom. The Hall–Kier alpha value is -3.75. The van der Waals surface area contributed by atoms with Crippen molar-refractivity contribution in [3.05, 3.63) is 97.2 Å². The van der Waals surface area contributed by atoms with Gasteiger partial charge in [-0.05, 0) is 83.5 Å². The van der Waals surface area contributed by atoms with Gasteiger partial charge in [0.25, 0.3) is 0 Å². The molecule has 0 amide bonds. The summed E-state index contributed by atoms with van der Waals surface area (Å²) in [6.45, 7) is 4.50. The maximum Gasteiger partial charge on any atom is 0.362 e. The monoisotopic (exact) mass is 823 g/mol. The molecule has 0 aliphatic carbocycles. The first kappa shape index (κ1) is 55.2. The van der Waals surface area contributed by atoms with Crippen LogP contribution in [0.1, 0.15) is 155 Å². The maximum atomic E-state index is 12.7. The molecule has 0 bridgehead atoms. The van der Waals surface area contributed by atoms with Crippen LogP contribution in [-0.2, 0) is 28.6 Å². The second kappa shape index (κ2) is 41.0. The van der Waals surface area contributed by atoms with Gasteiger partial charge in [0.1, 0.15) is 6.61 Å². The number of carboxylic acid groups (broad SMARTS) is 1. The smallest absolute Gasteiger partial charge is 0.362 e. The van der Waals surface area contributed by atoms with Crippen LogP contribution in [0.25, 0.3) is 0 Å². The van der Waals surface area contributed by atoms with Crippen LogP contribution in [0.15, 0.2) is 97.2 Å². The average Bonchev–Trinajstić information content (AvgIpc) is 3.19. The standard InChI is InChI=1S/C51H83NO7/c1-6-8-10-12-14-16-18-20-22-23-24-25-26-28-29-31-33-35-37-39-41-49(53)58-46-47(45-57-44-43-48(51(55)56)52(3,4)5)59-50(54)42-40-38-36-34-32-30-27-21-19-17-15-13-11-9-7-2/h8,10,14-17,19-22,24-25,28-29,33,35,47-48H,6-7,9,11-13,18,23,26-27,30-32,34,36-46H2,1-5H3/p+1/b10-8+,16-14+,17-15+,21-19+,22-20+,25-24+,29-28+,35-33+. The molecule has 0 aromatic rings. The Morgan fingerprint density at radius 3 is 1.54 bits per heavy atom. The van der Waals surface area contributed by atoms with Crippen LogP contribution in [-0.4, -0.2) is 80.6 Å². The number of nitrogens with zero attached hydrogens (tertiary/aromatic N) is 1. The van der Waals surface area contributed by atoms with E-state index in [-0.39, 0.29) is 42.7 Å². The zero-order chi connectivity index (χ0) is 43.5. The Balaban J connectivity index is 4.47. The number of hydrogen-bond acceptors (Lipinski definition) is 6. The summed E-state index contributed by atoms with van der Waals surface area (Å²) in [6, 6.07) is -0.631. The topological polar surface area (TPSA) is 99.1 Å². The van der Waals surface area contributed by atoms with Crippen LogP contribution in [0.2, 0.25) is 0 Å². The molecule has 8 nitrogen and oxygen atoms in total. The van der Waals surface area contributed by atoms with Crippen molar-refractivity contribution in [1.82, 2.24) is 0 Å². The molecule has 1 N–H and O–H groups in total. The molecule has 0 aliphatic heterocycles. The fourth-order valence-corrected chi connectivity index (χ4v) is 5.98. The largest absolute Gasteiger partial charge is 0.477 e. The molecule has 0 fully saturated rings. The molecule has 0 aliphatic rings. The lowest BCUT2D eigenvalue weighted by Crippen LogP contribution is -2.50. The first-order valence-electron chi connectivity index (χ1n) is 22.8. The number of ether oxygens (including phenoxy) is 3. The summed E-state index contributed by atoms with van der Waals surface area (Å²) >= 11 is 0. The third kappa shape index (κ3) is 39.5. The number of rotatable bonds is 39. The summed E-state index contributed by atoms with van der Waals surface area (Å²) < 4.78 is 17.2. The number of likely N-dealkylation sites (N-methyl/N-ethyl adjacent to an activating group) is 1. The average molecular weight is 823 g/mol. The van der Waals surface area contributed by atoms with Crippen LogP contribution < -0.4 is 0 Å². The zero-order valence-electron chi connectivity index (χ0n) is 37.9. The van der Waals surface area contributed by atoms with Gasteiger partial charge in [0.05, 0.1) is 34.4 Å². The van der Waals surface area contributed by atoms with E-state index in [9.17, 15) is 19.5 Å². The summed E-state index contributed by atoms with van der Waals surface area (Å²) in [5.74, 6) is -1.57. The molecule has 0 aromatic carbocycles. The summed E-state index contributed by atoms with van der Waals surface area (Å²) in [7, 11) is 5.49. The SMILES string of the molecule is CC/C=C/C/C=C/C/C=C/C/C=C/C/C=C/C/C=C/CCCC(=O)OCC(COCCC(C(=O)O)[N+](C)(C)C)OC(=O)CCCCCCCC/C=C/C=C/CCCCC. The van der Waals surface area contributed by atoms with E-state index in [0.717, 1.165) is 83.5 Å². The molecule has 8 heteroatoms. The Bertz CT molecular complexity index is 1280. The second-order valence-corrected chi connectivity index (χ2v) is 15.9. The molecule has 0 heterocycles. The summed E-state index contributed by atoms with van der Waals surface area (Å²) in [6.07, 6.45) is 54.5. The maximum absolute atomic E-state index is 12.7. The lowest BCUT2D eigenvalue weighted by atomic mass is 10.1. The number of esters is 2. The highest BCUT2D eigenvalue weighted by Gasteiger charge is 2.31. The number of carbonyl (C=O) groups excluding carboxylic acids is 2. The molecule has 0 spiro atoms. The van der Waals surface area contributed by atoms with Crippen molar-refractivity contribution in [1.29, 1.82) is 0 Å². The predicted octanol–water partition coefficient (Wildman–Crippen LogP) is 12.7. The van der Waals surface area contributed by atoms with Crippen molar-refractivity contribution >= 4 is 17.9 Å². The molecule has 0 saturated carbocycles. The minimum atomic E-state index is -0.889. The molecule has 0 aromatic heterocycles. The van der Waals surface area contributed by atoms with E-state index >= 15 is 0 Å². The minimum absolute atomic E-state index is 0.0319. The summed E-state index contributed by atoms with van der Waals surface area (Å²) in [5, 5.41) is 9.62. The fourth-order valence-electron chi connectivity index (χ4n) is 5.98.